The van der Waals surface area contributed by atoms with Crippen molar-refractivity contribution in [1.82, 2.24) is 5.32 Å². The van der Waals surface area contributed by atoms with Crippen LogP contribution in [0.15, 0.2) is 0 Å². The first-order chi connectivity index (χ1) is 6.16. The van der Waals surface area contributed by atoms with E-state index in [1.165, 1.54) is 0 Å². The van der Waals surface area contributed by atoms with Gasteiger partial charge in [-0.1, -0.05) is 0 Å². The molecule has 1 saturated carbocycles. The summed E-state index contributed by atoms with van der Waals surface area (Å²) in [5, 5.41) is 2.81. The lowest BCUT2D eigenvalue weighted by Gasteiger charge is -2.40. The van der Waals surface area contributed by atoms with Crippen LogP contribution in [-0.4, -0.2) is 36.1 Å². The summed E-state index contributed by atoms with van der Waals surface area (Å²) in [5.74, 6) is -0.0550. The molecule has 0 radical (unpaired) electrons. The lowest BCUT2D eigenvalue weighted by atomic mass is 9.88. The Morgan fingerprint density at radius 3 is 3.08 bits per heavy atom. The van der Waals surface area contributed by atoms with E-state index in [2.05, 4.69) is 5.32 Å². The average Bonchev–Trinajstić information content (AvgIpc) is 2.08. The molecule has 0 spiro atoms. The molecule has 2 fully saturated rings. The van der Waals surface area contributed by atoms with Crippen molar-refractivity contribution in [2.24, 2.45) is 5.73 Å². The maximum atomic E-state index is 11.0. The van der Waals surface area contributed by atoms with Crippen molar-refractivity contribution < 1.29 is 9.53 Å². The third-order valence-corrected chi connectivity index (χ3v) is 3.17. The molecule has 1 aliphatic carbocycles. The number of rotatable bonds is 0. The molecule has 5 heteroatoms. The molecule has 4 atom stereocenters. The summed E-state index contributed by atoms with van der Waals surface area (Å²) in [5.41, 5.74) is 5.80. The molecular formula is C8H13ClN2O2. The van der Waals surface area contributed by atoms with Crippen molar-refractivity contribution in [3.63, 3.8) is 0 Å². The normalized spacial score (nSPS) is 45.2. The van der Waals surface area contributed by atoms with Gasteiger partial charge in [-0.3, -0.25) is 4.79 Å². The van der Waals surface area contributed by atoms with E-state index < -0.39 is 0 Å². The number of alkyl halides is 1. The fourth-order valence-electron chi connectivity index (χ4n) is 1.92. The fourth-order valence-corrected chi connectivity index (χ4v) is 2.21. The van der Waals surface area contributed by atoms with Crippen LogP contribution in [0.3, 0.4) is 0 Å². The van der Waals surface area contributed by atoms with Gasteiger partial charge in [-0.25, -0.2) is 0 Å². The quantitative estimate of drug-likeness (QED) is 0.528. The number of carbonyl (C=O) groups excluding carboxylic acids is 1. The van der Waals surface area contributed by atoms with Crippen molar-refractivity contribution in [2.75, 3.05) is 6.61 Å². The summed E-state index contributed by atoms with van der Waals surface area (Å²) in [6.07, 6.45) is 1.50. The van der Waals surface area contributed by atoms with Crippen LogP contribution in [0, 0.1) is 0 Å². The second-order valence-corrected chi connectivity index (χ2v) is 4.24. The molecule has 0 aromatic heterocycles. The average molecular weight is 205 g/mol. The van der Waals surface area contributed by atoms with E-state index in [0.29, 0.717) is 6.42 Å². The molecule has 2 aliphatic rings. The SMILES string of the molecule is NC1CC2OCC(=O)NC2CC1Cl. The highest BCUT2D eigenvalue weighted by atomic mass is 35.5. The Kier molecular flexibility index (Phi) is 2.45. The number of carbonyl (C=O) groups is 1. The Hall–Kier alpha value is -0.320. The number of nitrogens with two attached hydrogens (primary N) is 1. The first-order valence-corrected chi connectivity index (χ1v) is 4.91. The molecule has 4 nitrogen and oxygen atoms in total. The van der Waals surface area contributed by atoms with E-state index >= 15 is 0 Å². The van der Waals surface area contributed by atoms with Crippen molar-refractivity contribution in [3.05, 3.63) is 0 Å². The molecule has 1 saturated heterocycles. The second-order valence-electron chi connectivity index (χ2n) is 3.67. The van der Waals surface area contributed by atoms with Crippen LogP contribution < -0.4 is 11.1 Å². The molecule has 74 valence electrons. The third kappa shape index (κ3) is 1.80. The van der Waals surface area contributed by atoms with E-state index in [9.17, 15) is 4.79 Å². The zero-order valence-electron chi connectivity index (χ0n) is 7.20. The highest BCUT2D eigenvalue weighted by Crippen LogP contribution is 2.26. The molecule has 1 aliphatic heterocycles. The summed E-state index contributed by atoms with van der Waals surface area (Å²) in [7, 11) is 0. The number of ether oxygens (including phenoxy) is 1. The van der Waals surface area contributed by atoms with Gasteiger partial charge in [0.2, 0.25) is 5.91 Å². The lowest BCUT2D eigenvalue weighted by molar-refractivity contribution is -0.138. The maximum Gasteiger partial charge on any atom is 0.246 e. The van der Waals surface area contributed by atoms with E-state index in [1.807, 2.05) is 0 Å². The minimum atomic E-state index is -0.0550. The Bertz CT molecular complexity index is 224. The molecule has 0 aromatic carbocycles. The number of fused-ring (bicyclic) bond motifs is 1. The molecule has 1 heterocycles. The largest absolute Gasteiger partial charge is 0.366 e. The molecule has 1 amide bonds. The minimum Gasteiger partial charge on any atom is -0.366 e. The van der Waals surface area contributed by atoms with Gasteiger partial charge in [0.05, 0.1) is 17.5 Å². The van der Waals surface area contributed by atoms with Crippen molar-refractivity contribution in [3.8, 4) is 0 Å². The van der Waals surface area contributed by atoms with Crippen LogP contribution in [-0.2, 0) is 9.53 Å². The second kappa shape index (κ2) is 3.44. The number of halogens is 1. The smallest absolute Gasteiger partial charge is 0.246 e. The van der Waals surface area contributed by atoms with Crippen LogP contribution in [0.1, 0.15) is 12.8 Å². The van der Waals surface area contributed by atoms with E-state index in [0.717, 1.165) is 6.42 Å². The van der Waals surface area contributed by atoms with Crippen molar-refractivity contribution >= 4 is 17.5 Å². The summed E-state index contributed by atoms with van der Waals surface area (Å²) in [6, 6.07) is 0.0430. The number of hydrogen-bond donors (Lipinski definition) is 2. The van der Waals surface area contributed by atoms with Gasteiger partial charge in [-0.15, -0.1) is 11.6 Å². The molecular weight excluding hydrogens is 192 g/mol. The zero-order valence-corrected chi connectivity index (χ0v) is 7.96. The predicted molar refractivity (Wildman–Crippen MR) is 48.5 cm³/mol. The van der Waals surface area contributed by atoms with Gasteiger partial charge in [0.25, 0.3) is 0 Å². The molecule has 0 aromatic rings. The van der Waals surface area contributed by atoms with Crippen LogP contribution >= 0.6 is 11.6 Å². The van der Waals surface area contributed by atoms with E-state index in [4.69, 9.17) is 22.1 Å². The highest BCUT2D eigenvalue weighted by molar-refractivity contribution is 6.21. The van der Waals surface area contributed by atoms with Crippen LogP contribution in [0.4, 0.5) is 0 Å². The number of hydrogen-bond acceptors (Lipinski definition) is 3. The Labute approximate surface area is 81.8 Å². The summed E-state index contributed by atoms with van der Waals surface area (Å²) < 4.78 is 5.36. The van der Waals surface area contributed by atoms with Crippen molar-refractivity contribution in [1.29, 1.82) is 0 Å². The maximum absolute atomic E-state index is 11.0. The van der Waals surface area contributed by atoms with Gasteiger partial charge in [0, 0.05) is 6.04 Å². The molecule has 0 bridgehead atoms. The molecule has 2 rings (SSSR count). The van der Waals surface area contributed by atoms with Gasteiger partial charge in [-0.2, -0.15) is 0 Å². The third-order valence-electron chi connectivity index (χ3n) is 2.67. The number of morpholine rings is 1. The highest BCUT2D eigenvalue weighted by Gasteiger charge is 2.38. The van der Waals surface area contributed by atoms with E-state index in [-0.39, 0.29) is 36.1 Å². The Morgan fingerprint density at radius 2 is 2.31 bits per heavy atom. The van der Waals surface area contributed by atoms with Gasteiger partial charge in [0.15, 0.2) is 0 Å². The van der Waals surface area contributed by atoms with Gasteiger partial charge in [0.1, 0.15) is 6.61 Å². The molecule has 4 unspecified atom stereocenters. The van der Waals surface area contributed by atoms with Gasteiger partial charge >= 0.3 is 0 Å². The molecule has 3 N–H and O–H groups in total. The van der Waals surface area contributed by atoms with E-state index in [1.54, 1.807) is 0 Å². The summed E-state index contributed by atoms with van der Waals surface area (Å²) >= 11 is 6.00. The summed E-state index contributed by atoms with van der Waals surface area (Å²) in [6.45, 7) is 0.154. The first-order valence-electron chi connectivity index (χ1n) is 4.47. The number of amides is 1. The number of nitrogens with one attached hydrogen (secondary N) is 1. The van der Waals surface area contributed by atoms with Crippen molar-refractivity contribution in [2.45, 2.75) is 36.4 Å². The monoisotopic (exact) mass is 204 g/mol. The summed E-state index contributed by atoms with van der Waals surface area (Å²) in [4.78, 5) is 11.0. The van der Waals surface area contributed by atoms with Gasteiger partial charge < -0.3 is 15.8 Å². The van der Waals surface area contributed by atoms with Gasteiger partial charge in [-0.05, 0) is 12.8 Å². The fraction of sp³-hybridized carbons (Fsp3) is 0.875. The standard InChI is InChI=1S/C8H13ClN2O2/c9-4-1-6-7(2-5(4)10)13-3-8(12)11-6/h4-7H,1-3,10H2,(H,11,12). The Balaban J connectivity index is 2.02. The first kappa shape index (κ1) is 9.24. The van der Waals surface area contributed by atoms with Crippen LogP contribution in [0.2, 0.25) is 0 Å². The lowest BCUT2D eigenvalue weighted by Crippen LogP contribution is -2.59. The topological polar surface area (TPSA) is 64.3 Å². The van der Waals surface area contributed by atoms with Crippen LogP contribution in [0.25, 0.3) is 0 Å². The van der Waals surface area contributed by atoms with Crippen LogP contribution in [0.5, 0.6) is 0 Å². The minimum absolute atomic E-state index is 0.0158. The predicted octanol–water partition coefficient (Wildman–Crippen LogP) is -0.401. The zero-order chi connectivity index (χ0) is 9.42. The Morgan fingerprint density at radius 1 is 1.54 bits per heavy atom. The molecule has 13 heavy (non-hydrogen) atoms.